The molecule has 1 aliphatic carbocycles. The molecule has 1 aromatic rings. The minimum atomic E-state index is 0.137. The lowest BCUT2D eigenvalue weighted by Crippen LogP contribution is -2.45. The lowest BCUT2D eigenvalue weighted by molar-refractivity contribution is -0.103. The number of hydrogen-bond donors (Lipinski definition) is 1. The molecule has 3 rings (SSSR count). The van der Waals surface area contributed by atoms with Crippen LogP contribution in [0.1, 0.15) is 50.6 Å². The van der Waals surface area contributed by atoms with E-state index in [1.54, 1.807) is 0 Å². The Bertz CT molecular complexity index is 424. The van der Waals surface area contributed by atoms with Gasteiger partial charge in [0, 0.05) is 24.5 Å². The highest BCUT2D eigenvalue weighted by Crippen LogP contribution is 2.39. The first kappa shape index (κ1) is 12.9. The average molecular weight is 261 g/mol. The molecular weight excluding hydrogens is 238 g/mol. The number of hydrogen-bond acceptors (Lipinski definition) is 4. The van der Waals surface area contributed by atoms with Crippen LogP contribution in [0, 0.1) is 6.92 Å². The topological polar surface area (TPSA) is 47.0 Å². The highest BCUT2D eigenvalue weighted by Gasteiger charge is 2.38. The number of aromatic nitrogens is 2. The van der Waals surface area contributed by atoms with Gasteiger partial charge >= 0.3 is 0 Å². The first-order valence-electron chi connectivity index (χ1n) is 7.46. The Morgan fingerprint density at radius 1 is 1.32 bits per heavy atom. The van der Waals surface area contributed by atoms with E-state index in [0.29, 0.717) is 6.04 Å². The summed E-state index contributed by atoms with van der Waals surface area (Å²) in [5.41, 5.74) is 1.15. The van der Waals surface area contributed by atoms with Crippen molar-refractivity contribution in [1.82, 2.24) is 9.97 Å². The second-order valence-corrected chi connectivity index (χ2v) is 5.95. The fraction of sp³-hybridized carbons (Fsp3) is 0.733. The van der Waals surface area contributed by atoms with E-state index in [2.05, 4.69) is 15.3 Å². The van der Waals surface area contributed by atoms with Crippen LogP contribution < -0.4 is 5.32 Å². The molecule has 2 heterocycles. The first-order chi connectivity index (χ1) is 9.26. The standard InChI is InChI=1S/C15H23N3O/c1-12-5-9-16-14(17-12)18-13-6-10-19-15(11-13)7-3-2-4-8-15/h5,9,13H,2-4,6-8,10-11H2,1H3,(H,16,17,18). The van der Waals surface area contributed by atoms with E-state index in [0.717, 1.165) is 31.1 Å². The van der Waals surface area contributed by atoms with E-state index in [1.807, 2.05) is 19.2 Å². The molecule has 2 fully saturated rings. The Morgan fingerprint density at radius 3 is 2.95 bits per heavy atom. The molecule has 1 aliphatic heterocycles. The van der Waals surface area contributed by atoms with Crippen molar-refractivity contribution in [1.29, 1.82) is 0 Å². The van der Waals surface area contributed by atoms with E-state index in [4.69, 9.17) is 4.74 Å². The van der Waals surface area contributed by atoms with E-state index >= 15 is 0 Å². The SMILES string of the molecule is Cc1ccnc(NC2CCOC3(CCCCC3)C2)n1. The van der Waals surface area contributed by atoms with Gasteiger partial charge < -0.3 is 10.1 Å². The molecule has 104 valence electrons. The molecule has 1 aromatic heterocycles. The fourth-order valence-electron chi connectivity index (χ4n) is 3.40. The quantitative estimate of drug-likeness (QED) is 0.888. The molecule has 4 heteroatoms. The summed E-state index contributed by atoms with van der Waals surface area (Å²) in [6.45, 7) is 2.86. The second-order valence-electron chi connectivity index (χ2n) is 5.95. The summed E-state index contributed by atoms with van der Waals surface area (Å²) in [5.74, 6) is 0.762. The fourth-order valence-corrected chi connectivity index (χ4v) is 3.40. The van der Waals surface area contributed by atoms with Gasteiger partial charge in [-0.15, -0.1) is 0 Å². The number of nitrogens with one attached hydrogen (secondary N) is 1. The smallest absolute Gasteiger partial charge is 0.223 e. The summed E-state index contributed by atoms with van der Waals surface area (Å²) < 4.78 is 6.12. The minimum absolute atomic E-state index is 0.137. The molecule has 4 nitrogen and oxygen atoms in total. The van der Waals surface area contributed by atoms with Crippen LogP contribution in [0.15, 0.2) is 12.3 Å². The largest absolute Gasteiger partial charge is 0.375 e. The Morgan fingerprint density at radius 2 is 2.16 bits per heavy atom. The van der Waals surface area contributed by atoms with Gasteiger partial charge in [0.15, 0.2) is 0 Å². The monoisotopic (exact) mass is 261 g/mol. The van der Waals surface area contributed by atoms with Crippen LogP contribution in [0.3, 0.4) is 0 Å². The van der Waals surface area contributed by atoms with Crippen LogP contribution in [-0.2, 0) is 4.74 Å². The number of anilines is 1. The summed E-state index contributed by atoms with van der Waals surface area (Å²) in [7, 11) is 0. The van der Waals surface area contributed by atoms with Gasteiger partial charge in [0.2, 0.25) is 5.95 Å². The summed E-state index contributed by atoms with van der Waals surface area (Å²) in [4.78, 5) is 8.74. The van der Waals surface area contributed by atoms with Crippen LogP contribution in [0.5, 0.6) is 0 Å². The second kappa shape index (κ2) is 5.45. The Kier molecular flexibility index (Phi) is 3.69. The first-order valence-corrected chi connectivity index (χ1v) is 7.46. The van der Waals surface area contributed by atoms with Gasteiger partial charge in [0.25, 0.3) is 0 Å². The maximum absolute atomic E-state index is 6.12. The zero-order valence-corrected chi connectivity index (χ0v) is 11.7. The minimum Gasteiger partial charge on any atom is -0.375 e. The van der Waals surface area contributed by atoms with Crippen LogP contribution in [0.4, 0.5) is 5.95 Å². The van der Waals surface area contributed by atoms with Crippen molar-refractivity contribution in [2.24, 2.45) is 0 Å². The summed E-state index contributed by atoms with van der Waals surface area (Å²) in [5, 5.41) is 3.49. The molecule has 0 aromatic carbocycles. The molecule has 2 aliphatic rings. The number of ether oxygens (including phenoxy) is 1. The molecule has 0 bridgehead atoms. The Hall–Kier alpha value is -1.16. The van der Waals surface area contributed by atoms with E-state index in [1.165, 1.54) is 32.1 Å². The summed E-state index contributed by atoms with van der Waals surface area (Å²) in [6, 6.07) is 2.38. The lowest BCUT2D eigenvalue weighted by Gasteiger charge is -2.43. The molecular formula is C15H23N3O. The van der Waals surface area contributed by atoms with Crippen molar-refractivity contribution in [3.05, 3.63) is 18.0 Å². The number of nitrogens with zero attached hydrogens (tertiary/aromatic N) is 2. The van der Waals surface area contributed by atoms with Gasteiger partial charge in [0.05, 0.1) is 5.60 Å². The molecule has 0 amide bonds. The van der Waals surface area contributed by atoms with Gasteiger partial charge in [-0.1, -0.05) is 19.3 Å². The molecule has 1 N–H and O–H groups in total. The van der Waals surface area contributed by atoms with Crippen molar-refractivity contribution < 1.29 is 4.74 Å². The van der Waals surface area contributed by atoms with Gasteiger partial charge in [-0.2, -0.15) is 0 Å². The van der Waals surface area contributed by atoms with Crippen molar-refractivity contribution in [2.75, 3.05) is 11.9 Å². The van der Waals surface area contributed by atoms with Crippen LogP contribution in [0.2, 0.25) is 0 Å². The zero-order valence-electron chi connectivity index (χ0n) is 11.7. The molecule has 1 saturated carbocycles. The van der Waals surface area contributed by atoms with E-state index < -0.39 is 0 Å². The molecule has 0 radical (unpaired) electrons. The molecule has 1 spiro atoms. The molecule has 19 heavy (non-hydrogen) atoms. The third-order valence-electron chi connectivity index (χ3n) is 4.39. The Balaban J connectivity index is 1.65. The van der Waals surface area contributed by atoms with E-state index in [9.17, 15) is 0 Å². The van der Waals surface area contributed by atoms with Crippen molar-refractivity contribution in [3.8, 4) is 0 Å². The average Bonchev–Trinajstić information content (AvgIpc) is 2.40. The summed E-state index contributed by atoms with van der Waals surface area (Å²) >= 11 is 0. The predicted molar refractivity (Wildman–Crippen MR) is 75.2 cm³/mol. The normalized spacial score (nSPS) is 26.3. The van der Waals surface area contributed by atoms with Crippen molar-refractivity contribution in [3.63, 3.8) is 0 Å². The molecule has 1 unspecified atom stereocenters. The highest BCUT2D eigenvalue weighted by molar-refractivity contribution is 5.27. The summed E-state index contributed by atoms with van der Waals surface area (Å²) in [6.07, 6.45) is 10.4. The zero-order chi connectivity index (χ0) is 13.1. The predicted octanol–water partition coefficient (Wildman–Crippen LogP) is 3.08. The van der Waals surface area contributed by atoms with Crippen LogP contribution in [0.25, 0.3) is 0 Å². The van der Waals surface area contributed by atoms with Gasteiger partial charge in [-0.3, -0.25) is 0 Å². The third kappa shape index (κ3) is 3.06. The molecule has 1 atom stereocenters. The van der Waals surface area contributed by atoms with Crippen molar-refractivity contribution in [2.45, 2.75) is 63.5 Å². The number of aryl methyl sites for hydroxylation is 1. The van der Waals surface area contributed by atoms with Gasteiger partial charge in [0.1, 0.15) is 0 Å². The Labute approximate surface area is 115 Å². The maximum atomic E-state index is 6.12. The van der Waals surface area contributed by atoms with Crippen LogP contribution in [-0.4, -0.2) is 28.2 Å². The van der Waals surface area contributed by atoms with Gasteiger partial charge in [-0.25, -0.2) is 9.97 Å². The van der Waals surface area contributed by atoms with E-state index in [-0.39, 0.29) is 5.60 Å². The molecule has 1 saturated heterocycles. The highest BCUT2D eigenvalue weighted by atomic mass is 16.5. The maximum Gasteiger partial charge on any atom is 0.223 e. The number of rotatable bonds is 2. The third-order valence-corrected chi connectivity index (χ3v) is 4.39. The lowest BCUT2D eigenvalue weighted by atomic mass is 9.78. The van der Waals surface area contributed by atoms with Crippen molar-refractivity contribution >= 4 is 5.95 Å². The van der Waals surface area contributed by atoms with Gasteiger partial charge in [-0.05, 0) is 38.7 Å². The van der Waals surface area contributed by atoms with Crippen LogP contribution >= 0.6 is 0 Å².